The predicted octanol–water partition coefficient (Wildman–Crippen LogP) is 1.97. The van der Waals surface area contributed by atoms with Crippen molar-refractivity contribution in [3.8, 4) is 0 Å². The second kappa shape index (κ2) is 6.35. The minimum Gasteiger partial charge on any atom is -0.468 e. The van der Waals surface area contributed by atoms with Crippen molar-refractivity contribution in [2.45, 2.75) is 26.7 Å². The highest BCUT2D eigenvalue weighted by Gasteiger charge is 2.30. The molecule has 0 heterocycles. The number of ketones is 1. The molecule has 0 aliphatic rings. The van der Waals surface area contributed by atoms with Crippen LogP contribution in [0.4, 0.5) is 0 Å². The third-order valence-corrected chi connectivity index (χ3v) is 2.25. The summed E-state index contributed by atoms with van der Waals surface area (Å²) in [5, 5.41) is 0. The number of methoxy groups -OCH3 is 1. The van der Waals surface area contributed by atoms with E-state index >= 15 is 0 Å². The van der Waals surface area contributed by atoms with Crippen molar-refractivity contribution < 1.29 is 14.3 Å². The molecular weight excluding hydrogens is 180 g/mol. The van der Waals surface area contributed by atoms with Crippen LogP contribution < -0.4 is 0 Å². The van der Waals surface area contributed by atoms with E-state index in [-0.39, 0.29) is 11.7 Å². The largest absolute Gasteiger partial charge is 0.468 e. The lowest BCUT2D eigenvalue weighted by atomic mass is 9.86. The van der Waals surface area contributed by atoms with Gasteiger partial charge in [-0.3, -0.25) is 9.59 Å². The van der Waals surface area contributed by atoms with Crippen molar-refractivity contribution in [2.24, 2.45) is 11.8 Å². The molecule has 0 N–H and O–H groups in total. The first kappa shape index (κ1) is 12.9. The molecule has 0 saturated heterocycles. The molecule has 2 atom stereocenters. The average Bonchev–Trinajstić information content (AvgIpc) is 2.16. The Balaban J connectivity index is 4.68. The Morgan fingerprint density at radius 2 is 2.07 bits per heavy atom. The summed E-state index contributed by atoms with van der Waals surface area (Å²) in [7, 11) is 1.30. The molecule has 14 heavy (non-hydrogen) atoms. The van der Waals surface area contributed by atoms with Crippen molar-refractivity contribution in [3.63, 3.8) is 0 Å². The highest BCUT2D eigenvalue weighted by molar-refractivity contribution is 5.98. The first-order chi connectivity index (χ1) is 6.58. The van der Waals surface area contributed by atoms with Crippen LogP contribution in [0.3, 0.4) is 0 Å². The summed E-state index contributed by atoms with van der Waals surface area (Å²) in [6, 6.07) is 0. The van der Waals surface area contributed by atoms with Crippen LogP contribution in [0.25, 0.3) is 0 Å². The number of carbonyl (C=O) groups is 2. The summed E-state index contributed by atoms with van der Waals surface area (Å²) < 4.78 is 4.60. The molecule has 0 aromatic heterocycles. The summed E-state index contributed by atoms with van der Waals surface area (Å²) in [6.45, 7) is 7.06. The summed E-state index contributed by atoms with van der Waals surface area (Å²) in [5.74, 6) is -1.41. The fourth-order valence-corrected chi connectivity index (χ4v) is 1.52. The van der Waals surface area contributed by atoms with Gasteiger partial charge in [0, 0.05) is 0 Å². The molecule has 3 heteroatoms. The molecule has 2 unspecified atom stereocenters. The lowest BCUT2D eigenvalue weighted by Crippen LogP contribution is -2.30. The molecule has 0 radical (unpaired) electrons. The standard InChI is InChI=1S/C11H18O3/c1-5-7-9(6-2)10(8(3)12)11(13)14-4/h6,9-10H,2,5,7H2,1,3-4H3. The number of hydrogen-bond donors (Lipinski definition) is 0. The van der Waals surface area contributed by atoms with Crippen molar-refractivity contribution in [1.29, 1.82) is 0 Å². The van der Waals surface area contributed by atoms with E-state index in [2.05, 4.69) is 11.3 Å². The third-order valence-electron chi connectivity index (χ3n) is 2.25. The fraction of sp³-hybridized carbons (Fsp3) is 0.636. The second-order valence-electron chi connectivity index (χ2n) is 3.30. The zero-order valence-corrected chi connectivity index (χ0v) is 9.08. The Kier molecular flexibility index (Phi) is 5.84. The lowest BCUT2D eigenvalue weighted by Gasteiger charge is -2.19. The van der Waals surface area contributed by atoms with E-state index in [1.165, 1.54) is 14.0 Å². The molecule has 0 aromatic carbocycles. The molecular formula is C11H18O3. The van der Waals surface area contributed by atoms with Gasteiger partial charge in [0.25, 0.3) is 0 Å². The molecule has 0 saturated carbocycles. The third kappa shape index (κ3) is 3.32. The maximum Gasteiger partial charge on any atom is 0.316 e. The van der Waals surface area contributed by atoms with E-state index in [4.69, 9.17) is 0 Å². The van der Waals surface area contributed by atoms with Crippen molar-refractivity contribution in [3.05, 3.63) is 12.7 Å². The van der Waals surface area contributed by atoms with E-state index in [1.807, 2.05) is 6.92 Å². The Labute approximate surface area is 85.1 Å². The zero-order chi connectivity index (χ0) is 11.1. The van der Waals surface area contributed by atoms with Crippen LogP contribution in [0.15, 0.2) is 12.7 Å². The minimum absolute atomic E-state index is 0.107. The van der Waals surface area contributed by atoms with Crippen LogP contribution in [-0.2, 0) is 14.3 Å². The maximum absolute atomic E-state index is 11.3. The summed E-state index contributed by atoms with van der Waals surface area (Å²) in [6.07, 6.45) is 3.35. The SMILES string of the molecule is C=CC(CCC)C(C(C)=O)C(=O)OC. The molecule has 0 rings (SSSR count). The molecule has 3 nitrogen and oxygen atoms in total. The molecule has 0 amide bonds. The Bertz CT molecular complexity index is 221. The Hall–Kier alpha value is -1.12. The molecule has 0 aliphatic carbocycles. The monoisotopic (exact) mass is 198 g/mol. The summed E-state index contributed by atoms with van der Waals surface area (Å²) >= 11 is 0. The molecule has 0 fully saturated rings. The molecule has 0 aromatic rings. The van der Waals surface area contributed by atoms with E-state index in [1.54, 1.807) is 6.08 Å². The average molecular weight is 198 g/mol. The number of rotatable bonds is 6. The van der Waals surface area contributed by atoms with E-state index in [0.29, 0.717) is 0 Å². The van der Waals surface area contributed by atoms with Gasteiger partial charge in [-0.15, -0.1) is 6.58 Å². The highest BCUT2D eigenvalue weighted by Crippen LogP contribution is 2.21. The van der Waals surface area contributed by atoms with Gasteiger partial charge < -0.3 is 4.74 Å². The first-order valence-electron chi connectivity index (χ1n) is 4.79. The normalized spacial score (nSPS) is 14.2. The zero-order valence-electron chi connectivity index (χ0n) is 9.08. The summed E-state index contributed by atoms with van der Waals surface area (Å²) in [5.41, 5.74) is 0. The second-order valence-corrected chi connectivity index (χ2v) is 3.30. The molecule has 0 bridgehead atoms. The van der Waals surface area contributed by atoms with Crippen LogP contribution in [0.1, 0.15) is 26.7 Å². The van der Waals surface area contributed by atoms with Crippen molar-refractivity contribution in [2.75, 3.05) is 7.11 Å². The van der Waals surface area contributed by atoms with Gasteiger partial charge in [0.2, 0.25) is 0 Å². The number of hydrogen-bond acceptors (Lipinski definition) is 3. The first-order valence-corrected chi connectivity index (χ1v) is 4.79. The van der Waals surface area contributed by atoms with Crippen molar-refractivity contribution >= 4 is 11.8 Å². The number of carbonyl (C=O) groups excluding carboxylic acids is 2. The van der Waals surface area contributed by atoms with E-state index < -0.39 is 11.9 Å². The quantitative estimate of drug-likeness (QED) is 0.372. The van der Waals surface area contributed by atoms with Gasteiger partial charge in [-0.2, -0.15) is 0 Å². The predicted molar refractivity (Wildman–Crippen MR) is 54.8 cm³/mol. The maximum atomic E-state index is 11.3. The van der Waals surface area contributed by atoms with E-state index in [0.717, 1.165) is 12.8 Å². The van der Waals surface area contributed by atoms with E-state index in [9.17, 15) is 9.59 Å². The van der Waals surface area contributed by atoms with Crippen LogP contribution >= 0.6 is 0 Å². The van der Waals surface area contributed by atoms with Crippen LogP contribution in [0.2, 0.25) is 0 Å². The summed E-state index contributed by atoms with van der Waals surface area (Å²) in [4.78, 5) is 22.6. The van der Waals surface area contributed by atoms with Gasteiger partial charge in [0.15, 0.2) is 0 Å². The van der Waals surface area contributed by atoms with Gasteiger partial charge in [0.05, 0.1) is 7.11 Å². The molecule has 0 aliphatic heterocycles. The van der Waals surface area contributed by atoms with Crippen LogP contribution in [0, 0.1) is 11.8 Å². The number of ether oxygens (including phenoxy) is 1. The van der Waals surface area contributed by atoms with Crippen molar-refractivity contribution in [1.82, 2.24) is 0 Å². The number of allylic oxidation sites excluding steroid dienone is 1. The fourth-order valence-electron chi connectivity index (χ4n) is 1.52. The number of Topliss-reactive ketones (excluding diaryl/α,β-unsaturated/α-hetero) is 1. The van der Waals surface area contributed by atoms with Crippen LogP contribution in [-0.4, -0.2) is 18.9 Å². The molecule has 0 spiro atoms. The van der Waals surface area contributed by atoms with Gasteiger partial charge >= 0.3 is 5.97 Å². The topological polar surface area (TPSA) is 43.4 Å². The van der Waals surface area contributed by atoms with Gasteiger partial charge in [-0.05, 0) is 19.3 Å². The lowest BCUT2D eigenvalue weighted by molar-refractivity contribution is -0.150. The van der Waals surface area contributed by atoms with Gasteiger partial charge in [-0.1, -0.05) is 19.4 Å². The molecule has 80 valence electrons. The Morgan fingerprint density at radius 3 is 2.36 bits per heavy atom. The highest BCUT2D eigenvalue weighted by atomic mass is 16.5. The Morgan fingerprint density at radius 1 is 1.50 bits per heavy atom. The smallest absolute Gasteiger partial charge is 0.316 e. The minimum atomic E-state index is -0.683. The van der Waals surface area contributed by atoms with Gasteiger partial charge in [0.1, 0.15) is 11.7 Å². The van der Waals surface area contributed by atoms with Gasteiger partial charge in [-0.25, -0.2) is 0 Å². The van der Waals surface area contributed by atoms with Crippen LogP contribution in [0.5, 0.6) is 0 Å². The number of esters is 1.